The zero-order valence-corrected chi connectivity index (χ0v) is 14.4. The summed E-state index contributed by atoms with van der Waals surface area (Å²) in [5.41, 5.74) is 0. The molecule has 1 aromatic rings. The third-order valence-electron chi connectivity index (χ3n) is 5.10. The average Bonchev–Trinajstić information content (AvgIpc) is 3.14. The number of thiophene rings is 1. The van der Waals surface area contributed by atoms with Crippen LogP contribution in [0.4, 0.5) is 0 Å². The first kappa shape index (κ1) is 16.5. The summed E-state index contributed by atoms with van der Waals surface area (Å²) in [5, 5.41) is 5.06. The molecule has 23 heavy (non-hydrogen) atoms. The Bertz CT molecular complexity index is 523. The molecule has 0 radical (unpaired) electrons. The first-order chi connectivity index (χ1) is 11.2. The summed E-state index contributed by atoms with van der Waals surface area (Å²) in [6.07, 6.45) is 8.23. The van der Waals surface area contributed by atoms with Crippen LogP contribution < -0.4 is 5.32 Å². The predicted molar refractivity (Wildman–Crippen MR) is 92.5 cm³/mol. The van der Waals surface area contributed by atoms with E-state index in [1.807, 2.05) is 22.4 Å². The summed E-state index contributed by atoms with van der Waals surface area (Å²) in [5.74, 6) is 0.820. The van der Waals surface area contributed by atoms with Crippen LogP contribution in [0.3, 0.4) is 0 Å². The van der Waals surface area contributed by atoms with Gasteiger partial charge in [0, 0.05) is 19.6 Å². The minimum atomic E-state index is -0.0451. The van der Waals surface area contributed by atoms with E-state index in [0.29, 0.717) is 12.5 Å². The molecule has 4 nitrogen and oxygen atoms in total. The van der Waals surface area contributed by atoms with Gasteiger partial charge < -0.3 is 10.2 Å². The van der Waals surface area contributed by atoms with Crippen LogP contribution in [0, 0.1) is 11.8 Å². The van der Waals surface area contributed by atoms with Crippen molar-refractivity contribution in [3.05, 3.63) is 22.4 Å². The van der Waals surface area contributed by atoms with Crippen molar-refractivity contribution in [2.24, 2.45) is 11.8 Å². The van der Waals surface area contributed by atoms with Gasteiger partial charge in [0.15, 0.2) is 0 Å². The maximum Gasteiger partial charge on any atom is 0.263 e. The van der Waals surface area contributed by atoms with E-state index in [4.69, 9.17) is 0 Å². The van der Waals surface area contributed by atoms with Gasteiger partial charge in [0.25, 0.3) is 5.91 Å². The predicted octanol–water partition coefficient (Wildman–Crippen LogP) is 3.30. The number of nitrogens with zero attached hydrogens (tertiary/aromatic N) is 1. The first-order valence-electron chi connectivity index (χ1n) is 8.84. The lowest BCUT2D eigenvalue weighted by atomic mass is 9.89. The second-order valence-corrected chi connectivity index (χ2v) is 7.76. The summed E-state index contributed by atoms with van der Waals surface area (Å²) >= 11 is 1.47. The fraction of sp³-hybridized carbons (Fsp3) is 0.667. The maximum absolute atomic E-state index is 12.4. The van der Waals surface area contributed by atoms with Crippen molar-refractivity contribution in [1.82, 2.24) is 10.2 Å². The van der Waals surface area contributed by atoms with E-state index in [0.717, 1.165) is 30.8 Å². The fourth-order valence-electron chi connectivity index (χ4n) is 3.71. The maximum atomic E-state index is 12.4. The van der Waals surface area contributed by atoms with Crippen molar-refractivity contribution in [2.75, 3.05) is 19.6 Å². The van der Waals surface area contributed by atoms with Crippen molar-refractivity contribution < 1.29 is 9.59 Å². The number of hydrogen-bond acceptors (Lipinski definition) is 3. The molecule has 2 aliphatic rings. The molecule has 3 rings (SSSR count). The summed E-state index contributed by atoms with van der Waals surface area (Å²) in [6, 6.07) is 3.76. The van der Waals surface area contributed by atoms with E-state index in [1.165, 1.54) is 43.4 Å². The molecular formula is C18H26N2O2S. The van der Waals surface area contributed by atoms with E-state index in [1.54, 1.807) is 0 Å². The number of amides is 2. The molecule has 5 heteroatoms. The number of nitrogens with one attached hydrogen (secondary N) is 1. The molecule has 126 valence electrons. The van der Waals surface area contributed by atoms with Gasteiger partial charge in [-0.1, -0.05) is 25.3 Å². The number of likely N-dealkylation sites (tertiary alicyclic amines) is 1. The van der Waals surface area contributed by atoms with Crippen molar-refractivity contribution in [3.8, 4) is 0 Å². The van der Waals surface area contributed by atoms with Gasteiger partial charge >= 0.3 is 0 Å². The van der Waals surface area contributed by atoms with Crippen molar-refractivity contribution in [3.63, 3.8) is 0 Å². The molecular weight excluding hydrogens is 308 g/mol. The monoisotopic (exact) mass is 334 g/mol. The summed E-state index contributed by atoms with van der Waals surface area (Å²) in [7, 11) is 0. The lowest BCUT2D eigenvalue weighted by Crippen LogP contribution is -2.46. The Labute approximate surface area is 142 Å². The lowest BCUT2D eigenvalue weighted by Gasteiger charge is -2.32. The van der Waals surface area contributed by atoms with Crippen LogP contribution in [0.2, 0.25) is 0 Å². The fourth-order valence-corrected chi connectivity index (χ4v) is 4.40. The Balaban J connectivity index is 1.49. The SMILES string of the molecule is O=C(NCC1CCCCC1)C1CCCN(C(=O)c2cccs2)C1. The molecule has 2 amide bonds. The number of piperidine rings is 1. The zero-order chi connectivity index (χ0) is 16.1. The van der Waals surface area contributed by atoms with Crippen LogP contribution in [0.1, 0.15) is 54.6 Å². The highest BCUT2D eigenvalue weighted by molar-refractivity contribution is 7.12. The molecule has 0 aromatic carbocycles. The highest BCUT2D eigenvalue weighted by Crippen LogP contribution is 2.24. The largest absolute Gasteiger partial charge is 0.356 e. The molecule has 0 bridgehead atoms. The average molecular weight is 334 g/mol. The van der Waals surface area contributed by atoms with Crippen molar-refractivity contribution in [2.45, 2.75) is 44.9 Å². The number of carbonyl (C=O) groups is 2. The Morgan fingerprint density at radius 3 is 2.74 bits per heavy atom. The second-order valence-electron chi connectivity index (χ2n) is 6.82. The van der Waals surface area contributed by atoms with E-state index < -0.39 is 0 Å². The van der Waals surface area contributed by atoms with Gasteiger partial charge in [-0.2, -0.15) is 0 Å². The molecule has 2 heterocycles. The Morgan fingerprint density at radius 1 is 1.17 bits per heavy atom. The minimum Gasteiger partial charge on any atom is -0.356 e. The number of carbonyl (C=O) groups excluding carboxylic acids is 2. The normalized spacial score (nSPS) is 22.8. The number of hydrogen-bond donors (Lipinski definition) is 1. The molecule has 1 atom stereocenters. The van der Waals surface area contributed by atoms with Crippen LogP contribution >= 0.6 is 11.3 Å². The Morgan fingerprint density at radius 2 is 2.00 bits per heavy atom. The van der Waals surface area contributed by atoms with Gasteiger partial charge in [-0.25, -0.2) is 0 Å². The molecule has 1 N–H and O–H groups in total. The van der Waals surface area contributed by atoms with Gasteiger partial charge in [0.05, 0.1) is 10.8 Å². The molecule has 1 aliphatic heterocycles. The highest BCUT2D eigenvalue weighted by atomic mass is 32.1. The van der Waals surface area contributed by atoms with Crippen LogP contribution in [0.25, 0.3) is 0 Å². The van der Waals surface area contributed by atoms with Gasteiger partial charge in [-0.3, -0.25) is 9.59 Å². The summed E-state index contributed by atoms with van der Waals surface area (Å²) < 4.78 is 0. The molecule has 1 aromatic heterocycles. The summed E-state index contributed by atoms with van der Waals surface area (Å²) in [4.78, 5) is 27.5. The van der Waals surface area contributed by atoms with E-state index >= 15 is 0 Å². The Kier molecular flexibility index (Phi) is 5.70. The van der Waals surface area contributed by atoms with Crippen LogP contribution in [-0.2, 0) is 4.79 Å². The van der Waals surface area contributed by atoms with Crippen LogP contribution in [0.15, 0.2) is 17.5 Å². The lowest BCUT2D eigenvalue weighted by molar-refractivity contribution is -0.126. The molecule has 1 saturated heterocycles. The van der Waals surface area contributed by atoms with Gasteiger partial charge in [0.1, 0.15) is 0 Å². The standard InChI is InChI=1S/C18H26N2O2S/c21-17(19-12-14-6-2-1-3-7-14)15-8-4-10-20(13-15)18(22)16-9-5-11-23-16/h5,9,11,14-15H,1-4,6-8,10,12-13H2,(H,19,21). The topological polar surface area (TPSA) is 49.4 Å². The third-order valence-corrected chi connectivity index (χ3v) is 5.96. The first-order valence-corrected chi connectivity index (χ1v) is 9.72. The van der Waals surface area contributed by atoms with Crippen molar-refractivity contribution >= 4 is 23.2 Å². The Hall–Kier alpha value is -1.36. The highest BCUT2D eigenvalue weighted by Gasteiger charge is 2.29. The van der Waals surface area contributed by atoms with E-state index in [-0.39, 0.29) is 17.7 Å². The van der Waals surface area contributed by atoms with Gasteiger partial charge in [-0.15, -0.1) is 11.3 Å². The minimum absolute atomic E-state index is 0.0451. The van der Waals surface area contributed by atoms with Crippen molar-refractivity contribution in [1.29, 1.82) is 0 Å². The molecule has 1 unspecified atom stereocenters. The van der Waals surface area contributed by atoms with E-state index in [2.05, 4.69) is 5.32 Å². The van der Waals surface area contributed by atoms with Crippen LogP contribution in [-0.4, -0.2) is 36.3 Å². The molecule has 1 aliphatic carbocycles. The molecule has 1 saturated carbocycles. The van der Waals surface area contributed by atoms with Gasteiger partial charge in [-0.05, 0) is 43.0 Å². The third kappa shape index (κ3) is 4.34. The quantitative estimate of drug-likeness (QED) is 0.918. The number of rotatable bonds is 4. The summed E-state index contributed by atoms with van der Waals surface area (Å²) in [6.45, 7) is 2.14. The zero-order valence-electron chi connectivity index (χ0n) is 13.6. The van der Waals surface area contributed by atoms with E-state index in [9.17, 15) is 9.59 Å². The molecule has 0 spiro atoms. The van der Waals surface area contributed by atoms with Crippen LogP contribution in [0.5, 0.6) is 0 Å². The molecule has 2 fully saturated rings. The second kappa shape index (κ2) is 7.95. The smallest absolute Gasteiger partial charge is 0.263 e. The van der Waals surface area contributed by atoms with Gasteiger partial charge in [0.2, 0.25) is 5.91 Å².